The van der Waals surface area contributed by atoms with Crippen LogP contribution in [0.25, 0.3) is 10.2 Å². The highest BCUT2D eigenvalue weighted by Gasteiger charge is 2.20. The molecule has 6 nitrogen and oxygen atoms in total. The van der Waals surface area contributed by atoms with E-state index >= 15 is 0 Å². The zero-order valence-corrected chi connectivity index (χ0v) is 16.0. The molecule has 0 unspecified atom stereocenters. The molecule has 0 spiro atoms. The van der Waals surface area contributed by atoms with Crippen LogP contribution in [-0.4, -0.2) is 21.6 Å². The second-order valence-electron chi connectivity index (χ2n) is 6.36. The largest absolute Gasteiger partial charge is 0.467 e. The molecule has 3 aromatic rings. The highest BCUT2D eigenvalue weighted by molar-refractivity contribution is 7.99. The van der Waals surface area contributed by atoms with Crippen molar-refractivity contribution in [2.24, 2.45) is 0 Å². The summed E-state index contributed by atoms with van der Waals surface area (Å²) in [6, 6.07) is 3.41. The topological polar surface area (TPSA) is 88.0 Å². The van der Waals surface area contributed by atoms with Crippen LogP contribution in [0, 0.1) is 0 Å². The maximum absolute atomic E-state index is 12.5. The average molecular weight is 390 g/mol. The van der Waals surface area contributed by atoms with Gasteiger partial charge in [-0.25, -0.2) is 4.98 Å². The Morgan fingerprint density at radius 3 is 3.12 bits per heavy atom. The molecular weight excluding hydrogens is 370 g/mol. The number of nitrogens with one attached hydrogen (secondary N) is 2. The quantitative estimate of drug-likeness (QED) is 0.516. The molecule has 0 saturated heterocycles. The molecule has 4 rings (SSSR count). The number of aromatic nitrogens is 2. The van der Waals surface area contributed by atoms with E-state index in [4.69, 9.17) is 4.42 Å². The number of carbonyl (C=O) groups is 1. The number of furan rings is 1. The first-order chi connectivity index (χ1) is 12.6. The van der Waals surface area contributed by atoms with Crippen LogP contribution in [0.4, 0.5) is 0 Å². The van der Waals surface area contributed by atoms with Crippen LogP contribution in [0.1, 0.15) is 42.0 Å². The number of rotatable bonds is 5. The van der Waals surface area contributed by atoms with Gasteiger partial charge in [0, 0.05) is 4.88 Å². The Morgan fingerprint density at radius 2 is 2.31 bits per heavy atom. The molecule has 0 bridgehead atoms. The first-order valence-electron chi connectivity index (χ1n) is 8.62. The van der Waals surface area contributed by atoms with Crippen LogP contribution in [0.15, 0.2) is 32.8 Å². The second-order valence-corrected chi connectivity index (χ2v) is 8.40. The second kappa shape index (κ2) is 7.28. The van der Waals surface area contributed by atoms with Gasteiger partial charge in [0.05, 0.1) is 23.4 Å². The molecule has 8 heteroatoms. The minimum atomic E-state index is -0.198. The Bertz CT molecular complexity index is 991. The van der Waals surface area contributed by atoms with E-state index in [1.165, 1.54) is 28.6 Å². The molecule has 1 atom stereocenters. The van der Waals surface area contributed by atoms with Gasteiger partial charge in [0.1, 0.15) is 10.6 Å². The third-order valence-electron chi connectivity index (χ3n) is 4.49. The first-order valence-corrected chi connectivity index (χ1v) is 10.4. The Balaban J connectivity index is 1.46. The van der Waals surface area contributed by atoms with Gasteiger partial charge >= 0.3 is 0 Å². The third-order valence-corrected chi connectivity index (χ3v) is 6.55. The zero-order valence-electron chi connectivity index (χ0n) is 14.3. The Labute approximate surface area is 158 Å². The number of hydrogen-bond donors (Lipinski definition) is 2. The van der Waals surface area contributed by atoms with E-state index in [9.17, 15) is 9.59 Å². The fourth-order valence-corrected chi connectivity index (χ4v) is 5.23. The number of thiophene rings is 1. The third kappa shape index (κ3) is 3.43. The van der Waals surface area contributed by atoms with Crippen molar-refractivity contribution < 1.29 is 9.21 Å². The predicted octanol–water partition coefficient (Wildman–Crippen LogP) is 3.43. The van der Waals surface area contributed by atoms with E-state index in [0.29, 0.717) is 10.9 Å². The van der Waals surface area contributed by atoms with E-state index in [1.807, 2.05) is 13.0 Å². The summed E-state index contributed by atoms with van der Waals surface area (Å²) < 4.78 is 5.28. The highest BCUT2D eigenvalue weighted by atomic mass is 32.2. The van der Waals surface area contributed by atoms with Crippen LogP contribution in [0.2, 0.25) is 0 Å². The highest BCUT2D eigenvalue weighted by Crippen LogP contribution is 2.34. The molecular formula is C18H19N3O3S2. The normalized spacial score (nSPS) is 15.0. The summed E-state index contributed by atoms with van der Waals surface area (Å²) in [6.45, 7) is 1.86. The van der Waals surface area contributed by atoms with Crippen LogP contribution in [0.3, 0.4) is 0 Å². The lowest BCUT2D eigenvalue weighted by Gasteiger charge is -2.11. The van der Waals surface area contributed by atoms with Gasteiger partial charge in [0.25, 0.3) is 5.56 Å². The van der Waals surface area contributed by atoms with Gasteiger partial charge in [-0.3, -0.25) is 9.59 Å². The lowest BCUT2D eigenvalue weighted by atomic mass is 9.97. The average Bonchev–Trinajstić information content (AvgIpc) is 3.27. The fourth-order valence-electron chi connectivity index (χ4n) is 3.24. The van der Waals surface area contributed by atoms with Crippen molar-refractivity contribution in [2.45, 2.75) is 43.8 Å². The molecule has 1 aliphatic rings. The van der Waals surface area contributed by atoms with Crippen LogP contribution >= 0.6 is 23.1 Å². The molecule has 0 radical (unpaired) electrons. The summed E-state index contributed by atoms with van der Waals surface area (Å²) in [5.41, 5.74) is 1.08. The number of aryl methyl sites for hydroxylation is 2. The summed E-state index contributed by atoms with van der Waals surface area (Å²) in [4.78, 5) is 34.1. The summed E-state index contributed by atoms with van der Waals surface area (Å²) in [5.74, 6) is 0.762. The number of aromatic amines is 1. The SMILES string of the molecule is C[C@H](NC(=O)CSc1nc2sc3c(c2c(=O)[nH]1)CCCC3)c1ccco1. The molecule has 3 aromatic heterocycles. The molecule has 26 heavy (non-hydrogen) atoms. The van der Waals surface area contributed by atoms with Crippen LogP contribution < -0.4 is 10.9 Å². The number of carbonyl (C=O) groups excluding carboxylic acids is 1. The molecule has 0 fully saturated rings. The van der Waals surface area contributed by atoms with Gasteiger partial charge in [-0.05, 0) is 50.3 Å². The predicted molar refractivity (Wildman–Crippen MR) is 103 cm³/mol. The minimum absolute atomic E-state index is 0.0961. The molecule has 0 aromatic carbocycles. The number of nitrogens with zero attached hydrogens (tertiary/aromatic N) is 1. The van der Waals surface area contributed by atoms with E-state index in [1.54, 1.807) is 23.7 Å². The first kappa shape index (κ1) is 17.4. The fraction of sp³-hybridized carbons (Fsp3) is 0.389. The van der Waals surface area contributed by atoms with Crippen molar-refractivity contribution >= 4 is 39.2 Å². The van der Waals surface area contributed by atoms with Gasteiger partial charge < -0.3 is 14.7 Å². The van der Waals surface area contributed by atoms with Gasteiger partial charge in [0.15, 0.2) is 5.16 Å². The molecule has 3 heterocycles. The number of H-pyrrole nitrogens is 1. The minimum Gasteiger partial charge on any atom is -0.467 e. The van der Waals surface area contributed by atoms with Crippen molar-refractivity contribution in [1.29, 1.82) is 0 Å². The van der Waals surface area contributed by atoms with E-state index in [0.717, 1.165) is 29.5 Å². The Morgan fingerprint density at radius 1 is 1.46 bits per heavy atom. The molecule has 2 N–H and O–H groups in total. The number of hydrogen-bond acceptors (Lipinski definition) is 6. The van der Waals surface area contributed by atoms with E-state index < -0.39 is 0 Å². The monoisotopic (exact) mass is 389 g/mol. The lowest BCUT2D eigenvalue weighted by molar-refractivity contribution is -0.119. The van der Waals surface area contributed by atoms with Crippen molar-refractivity contribution in [3.05, 3.63) is 45.0 Å². The maximum Gasteiger partial charge on any atom is 0.260 e. The van der Waals surface area contributed by atoms with Gasteiger partial charge in [-0.15, -0.1) is 11.3 Å². The number of amides is 1. The van der Waals surface area contributed by atoms with Crippen molar-refractivity contribution in [2.75, 3.05) is 5.75 Å². The summed E-state index contributed by atoms with van der Waals surface area (Å²) in [6.07, 6.45) is 5.87. The smallest absolute Gasteiger partial charge is 0.260 e. The van der Waals surface area contributed by atoms with Crippen molar-refractivity contribution in [1.82, 2.24) is 15.3 Å². The molecule has 136 valence electrons. The van der Waals surface area contributed by atoms with Crippen molar-refractivity contribution in [3.63, 3.8) is 0 Å². The van der Waals surface area contributed by atoms with Crippen molar-refractivity contribution in [3.8, 4) is 0 Å². The standard InChI is InChI=1S/C18H19N3O3S2/c1-10(12-6-4-8-24-12)19-14(22)9-25-18-20-16(23)15-11-5-2-3-7-13(11)26-17(15)21-18/h4,6,8,10H,2-3,5,7,9H2,1H3,(H,19,22)(H,20,21,23)/t10-/m0/s1. The van der Waals surface area contributed by atoms with Gasteiger partial charge in [-0.2, -0.15) is 0 Å². The van der Waals surface area contributed by atoms with Gasteiger partial charge in [-0.1, -0.05) is 11.8 Å². The molecule has 0 saturated carbocycles. The molecule has 0 aliphatic heterocycles. The number of fused-ring (bicyclic) bond motifs is 3. The summed E-state index contributed by atoms with van der Waals surface area (Å²) in [7, 11) is 0. The summed E-state index contributed by atoms with van der Waals surface area (Å²) >= 11 is 2.85. The molecule has 1 aliphatic carbocycles. The van der Waals surface area contributed by atoms with Crippen LogP contribution in [-0.2, 0) is 17.6 Å². The Hall–Kier alpha value is -2.06. The van der Waals surface area contributed by atoms with E-state index in [2.05, 4.69) is 15.3 Å². The van der Waals surface area contributed by atoms with Gasteiger partial charge in [0.2, 0.25) is 5.91 Å². The Kier molecular flexibility index (Phi) is 4.86. The maximum atomic E-state index is 12.5. The molecule has 1 amide bonds. The van der Waals surface area contributed by atoms with E-state index in [-0.39, 0.29) is 23.3 Å². The zero-order chi connectivity index (χ0) is 18.1. The number of thioether (sulfide) groups is 1. The summed E-state index contributed by atoms with van der Waals surface area (Å²) in [5, 5.41) is 4.10. The van der Waals surface area contributed by atoms with Crippen LogP contribution in [0.5, 0.6) is 0 Å². The lowest BCUT2D eigenvalue weighted by Crippen LogP contribution is -2.28.